The van der Waals surface area contributed by atoms with E-state index in [2.05, 4.69) is 20.6 Å². The van der Waals surface area contributed by atoms with E-state index in [4.69, 9.17) is 0 Å². The number of amides is 4. The average Bonchev–Trinajstić information content (AvgIpc) is 3.47. The minimum absolute atomic E-state index is 0.0216. The van der Waals surface area contributed by atoms with E-state index in [0.717, 1.165) is 11.4 Å². The molecule has 0 radical (unpaired) electrons. The number of carbonyl (C=O) groups is 4. The molecule has 10 nitrogen and oxygen atoms in total. The number of para-hydroxylation sites is 2. The highest BCUT2D eigenvalue weighted by molar-refractivity contribution is 8.15. The predicted molar refractivity (Wildman–Crippen MR) is 178 cm³/mol. The average molecular weight is 629 g/mol. The topological polar surface area (TPSA) is 124 Å². The van der Waals surface area contributed by atoms with Crippen molar-refractivity contribution in [2.75, 3.05) is 23.7 Å². The molecule has 0 saturated carbocycles. The second-order valence-corrected chi connectivity index (χ2v) is 12.3. The number of carbonyl (C=O) groups excluding carboxylic acids is 4. The van der Waals surface area contributed by atoms with Gasteiger partial charge in [0.1, 0.15) is 10.5 Å². The lowest BCUT2D eigenvalue weighted by atomic mass is 10.2. The first-order valence-corrected chi connectivity index (χ1v) is 16.0. The molecule has 4 amide bonds. The first-order valence-electron chi connectivity index (χ1n) is 14.3. The molecule has 3 aromatic rings. The van der Waals surface area contributed by atoms with Crippen LogP contribution in [0, 0.1) is 0 Å². The Morgan fingerprint density at radius 3 is 1.45 bits per heavy atom. The molecule has 2 fully saturated rings. The normalized spacial score (nSPS) is 20.0. The Morgan fingerprint density at radius 2 is 1.07 bits per heavy atom. The van der Waals surface area contributed by atoms with Crippen molar-refractivity contribution in [3.8, 4) is 0 Å². The van der Waals surface area contributed by atoms with E-state index in [1.165, 1.54) is 23.5 Å². The van der Waals surface area contributed by atoms with Crippen LogP contribution in [0.5, 0.6) is 0 Å². The fourth-order valence-corrected chi connectivity index (χ4v) is 7.14. The molecule has 2 saturated heterocycles. The molecule has 0 aromatic heterocycles. The maximum absolute atomic E-state index is 13.0. The second kappa shape index (κ2) is 14.4. The molecule has 2 N–H and O–H groups in total. The quantitative estimate of drug-likeness (QED) is 0.299. The van der Waals surface area contributed by atoms with Gasteiger partial charge in [0.25, 0.3) is 0 Å². The molecule has 0 bridgehead atoms. The summed E-state index contributed by atoms with van der Waals surface area (Å²) in [5.41, 5.74) is 2.44. The number of hydrogen-bond acceptors (Lipinski definition) is 8. The van der Waals surface area contributed by atoms with E-state index >= 15 is 0 Å². The summed E-state index contributed by atoms with van der Waals surface area (Å²) in [5.74, 6) is -0.953. The van der Waals surface area contributed by atoms with Crippen molar-refractivity contribution in [1.82, 2.24) is 9.80 Å². The largest absolute Gasteiger partial charge is 0.326 e. The molecule has 0 aliphatic carbocycles. The van der Waals surface area contributed by atoms with E-state index in [0.29, 0.717) is 34.8 Å². The molecule has 0 spiro atoms. The molecule has 2 unspecified atom stereocenters. The molecule has 44 heavy (non-hydrogen) atoms. The monoisotopic (exact) mass is 628 g/mol. The maximum atomic E-state index is 13.0. The first kappa shape index (κ1) is 31.0. The third-order valence-corrected chi connectivity index (χ3v) is 9.16. The Labute approximate surface area is 264 Å². The molecule has 2 atom stereocenters. The highest BCUT2D eigenvalue weighted by Gasteiger charge is 2.39. The van der Waals surface area contributed by atoms with Crippen molar-refractivity contribution in [1.29, 1.82) is 0 Å². The van der Waals surface area contributed by atoms with Gasteiger partial charge in [0.05, 0.1) is 11.4 Å². The molecular weight excluding hydrogens is 597 g/mol. The van der Waals surface area contributed by atoms with Crippen LogP contribution in [0.15, 0.2) is 94.9 Å². The third-order valence-electron chi connectivity index (χ3n) is 6.81. The number of anilines is 2. The van der Waals surface area contributed by atoms with Crippen LogP contribution >= 0.6 is 23.5 Å². The predicted octanol–water partition coefficient (Wildman–Crippen LogP) is 5.65. The fraction of sp³-hybridized carbons (Fsp3) is 0.250. The summed E-state index contributed by atoms with van der Waals surface area (Å²) in [4.78, 5) is 64.2. The minimum atomic E-state index is -0.584. The molecule has 2 aliphatic rings. The SMILES string of the molecule is CCN1C(=O)C(CC(=O)Nc2cccc(NC(=O)CC3SC(=Nc4ccccc4)N(CC)C3=O)c2)SC1=Nc1ccccc1. The van der Waals surface area contributed by atoms with Gasteiger partial charge in [-0.25, -0.2) is 9.98 Å². The van der Waals surface area contributed by atoms with Gasteiger partial charge < -0.3 is 10.6 Å². The minimum Gasteiger partial charge on any atom is -0.326 e. The van der Waals surface area contributed by atoms with Gasteiger partial charge in [0.15, 0.2) is 10.3 Å². The van der Waals surface area contributed by atoms with Crippen LogP contribution in [0.1, 0.15) is 26.7 Å². The van der Waals surface area contributed by atoms with Gasteiger partial charge in [-0.15, -0.1) is 0 Å². The molecule has 2 heterocycles. The van der Waals surface area contributed by atoms with Gasteiger partial charge in [-0.05, 0) is 56.3 Å². The van der Waals surface area contributed by atoms with E-state index in [-0.39, 0.29) is 36.5 Å². The van der Waals surface area contributed by atoms with Gasteiger partial charge in [0, 0.05) is 37.3 Å². The molecule has 5 rings (SSSR count). The van der Waals surface area contributed by atoms with Crippen LogP contribution in [-0.2, 0) is 19.2 Å². The zero-order chi connectivity index (χ0) is 31.1. The van der Waals surface area contributed by atoms with E-state index in [9.17, 15) is 19.2 Å². The van der Waals surface area contributed by atoms with Crippen molar-refractivity contribution >= 4 is 80.2 Å². The number of rotatable bonds is 10. The number of nitrogens with zero attached hydrogens (tertiary/aromatic N) is 4. The Bertz CT molecular complexity index is 1480. The lowest BCUT2D eigenvalue weighted by Gasteiger charge is -2.14. The van der Waals surface area contributed by atoms with Gasteiger partial charge in [0.2, 0.25) is 23.6 Å². The van der Waals surface area contributed by atoms with E-state index < -0.39 is 10.5 Å². The fourth-order valence-electron chi connectivity index (χ4n) is 4.69. The number of aliphatic imine (C=N–C) groups is 2. The van der Waals surface area contributed by atoms with Crippen molar-refractivity contribution in [3.63, 3.8) is 0 Å². The number of nitrogens with one attached hydrogen (secondary N) is 2. The van der Waals surface area contributed by atoms with Crippen LogP contribution in [0.2, 0.25) is 0 Å². The van der Waals surface area contributed by atoms with Gasteiger partial charge in [-0.3, -0.25) is 29.0 Å². The Morgan fingerprint density at radius 1 is 0.659 bits per heavy atom. The second-order valence-electron chi connectivity index (χ2n) is 9.92. The zero-order valence-electron chi connectivity index (χ0n) is 24.3. The van der Waals surface area contributed by atoms with Gasteiger partial charge in [-0.2, -0.15) is 0 Å². The molecule has 12 heteroatoms. The lowest BCUT2D eigenvalue weighted by molar-refractivity contribution is -0.128. The molecule has 2 aliphatic heterocycles. The number of benzene rings is 3. The summed E-state index contributed by atoms with van der Waals surface area (Å²) in [7, 11) is 0. The standard InChI is InChI=1S/C32H32N6O4S2/c1-3-37-29(41)25(43-31(37)35-21-12-7-5-8-13-21)19-27(39)33-23-16-11-17-24(18-23)34-28(40)20-26-30(42)38(4-2)32(44-26)36-22-14-9-6-10-15-22/h5-18,25-26H,3-4,19-20H2,1-2H3,(H,33,39)(H,34,40). The molecule has 3 aromatic carbocycles. The van der Waals surface area contributed by atoms with Crippen molar-refractivity contribution in [3.05, 3.63) is 84.9 Å². The first-order chi connectivity index (χ1) is 21.3. The highest BCUT2D eigenvalue weighted by Crippen LogP contribution is 2.33. The Kier molecular flexibility index (Phi) is 10.1. The number of hydrogen-bond donors (Lipinski definition) is 2. The Balaban J connectivity index is 1.17. The third kappa shape index (κ3) is 7.56. The summed E-state index contributed by atoms with van der Waals surface area (Å²) in [5, 5.41) is 5.64. The summed E-state index contributed by atoms with van der Waals surface area (Å²) in [6.07, 6.45) is -0.0432. The highest BCUT2D eigenvalue weighted by atomic mass is 32.2. The molecular formula is C32H32N6O4S2. The van der Waals surface area contributed by atoms with Crippen LogP contribution in [0.4, 0.5) is 22.7 Å². The summed E-state index contributed by atoms with van der Waals surface area (Å²) in [6.45, 7) is 4.67. The van der Waals surface area contributed by atoms with Crippen molar-refractivity contribution < 1.29 is 19.2 Å². The lowest BCUT2D eigenvalue weighted by Crippen LogP contribution is -2.33. The Hall–Kier alpha value is -4.42. The van der Waals surface area contributed by atoms with Gasteiger partial charge in [-0.1, -0.05) is 66.0 Å². The molecule has 226 valence electrons. The summed E-state index contributed by atoms with van der Waals surface area (Å²) >= 11 is 2.56. The van der Waals surface area contributed by atoms with Crippen molar-refractivity contribution in [2.24, 2.45) is 9.98 Å². The smallest absolute Gasteiger partial charge is 0.242 e. The van der Waals surface area contributed by atoms with Crippen molar-refractivity contribution in [2.45, 2.75) is 37.2 Å². The zero-order valence-corrected chi connectivity index (χ0v) is 25.9. The van der Waals surface area contributed by atoms with Crippen LogP contribution in [0.3, 0.4) is 0 Å². The summed E-state index contributed by atoms with van der Waals surface area (Å²) < 4.78 is 0. The van der Waals surface area contributed by atoms with Crippen LogP contribution < -0.4 is 10.6 Å². The number of amidine groups is 2. The number of thioether (sulfide) groups is 2. The van der Waals surface area contributed by atoms with Gasteiger partial charge >= 0.3 is 0 Å². The van der Waals surface area contributed by atoms with Crippen LogP contribution in [-0.4, -0.2) is 67.4 Å². The van der Waals surface area contributed by atoms with E-state index in [1.807, 2.05) is 74.5 Å². The summed E-state index contributed by atoms with van der Waals surface area (Å²) in [6, 6.07) is 25.5. The maximum Gasteiger partial charge on any atom is 0.242 e. The van der Waals surface area contributed by atoms with Crippen LogP contribution in [0.25, 0.3) is 0 Å². The van der Waals surface area contributed by atoms with E-state index in [1.54, 1.807) is 34.1 Å².